The maximum absolute atomic E-state index is 12.3. The minimum absolute atomic E-state index is 0.155. The lowest BCUT2D eigenvalue weighted by atomic mass is 10.0. The van der Waals surface area contributed by atoms with Gasteiger partial charge in [0.05, 0.1) is 13.7 Å². The molecule has 0 saturated heterocycles. The Balaban J connectivity index is 1.51. The third kappa shape index (κ3) is 7.37. The zero-order chi connectivity index (χ0) is 25.9. The number of anilines is 1. The van der Waals surface area contributed by atoms with Crippen molar-refractivity contribution >= 4 is 23.4 Å². The Bertz CT molecular complexity index is 1180. The Morgan fingerprint density at radius 2 is 1.64 bits per heavy atom. The van der Waals surface area contributed by atoms with Crippen LogP contribution in [0.1, 0.15) is 15.9 Å². The van der Waals surface area contributed by atoms with E-state index >= 15 is 0 Å². The lowest BCUT2D eigenvalue weighted by Crippen LogP contribution is -2.50. The average molecular weight is 492 g/mol. The van der Waals surface area contributed by atoms with Gasteiger partial charge in [-0.15, -0.1) is 0 Å². The Morgan fingerprint density at radius 3 is 2.25 bits per heavy atom. The zero-order valence-corrected chi connectivity index (χ0v) is 19.8. The Hall–Kier alpha value is -4.25. The molecule has 0 aromatic heterocycles. The predicted molar refractivity (Wildman–Crippen MR) is 135 cm³/mol. The summed E-state index contributed by atoms with van der Waals surface area (Å²) in [5.41, 5.74) is 10.7. The van der Waals surface area contributed by atoms with Crippen molar-refractivity contribution in [2.24, 2.45) is 5.73 Å². The lowest BCUT2D eigenvalue weighted by Gasteiger charge is -2.14. The highest BCUT2D eigenvalue weighted by molar-refractivity contribution is 5.98. The first-order chi connectivity index (χ1) is 17.4. The number of carbonyl (C=O) groups is 3. The van der Waals surface area contributed by atoms with E-state index in [0.717, 1.165) is 22.4 Å². The number of methoxy groups -OCH3 is 1. The van der Waals surface area contributed by atoms with Gasteiger partial charge in [0.1, 0.15) is 11.8 Å². The van der Waals surface area contributed by atoms with Crippen molar-refractivity contribution < 1.29 is 24.3 Å². The minimum atomic E-state index is -1.04. The van der Waals surface area contributed by atoms with Crippen LogP contribution in [0.25, 0.3) is 11.1 Å². The number of hydroxylamine groups is 1. The van der Waals surface area contributed by atoms with Crippen LogP contribution < -0.4 is 31.9 Å². The van der Waals surface area contributed by atoms with Crippen LogP contribution in [-0.2, 0) is 16.1 Å². The smallest absolute Gasteiger partial charge is 0.267 e. The highest BCUT2D eigenvalue weighted by Gasteiger charge is 2.19. The van der Waals surface area contributed by atoms with Gasteiger partial charge in [0.25, 0.3) is 11.8 Å². The molecule has 3 amide bonds. The number of nitrogens with two attached hydrogens (primary N) is 1. The van der Waals surface area contributed by atoms with E-state index in [1.165, 1.54) is 5.48 Å². The highest BCUT2D eigenvalue weighted by Crippen LogP contribution is 2.22. The third-order valence-electron chi connectivity index (χ3n) is 5.37. The van der Waals surface area contributed by atoms with Crippen LogP contribution in [0.4, 0.5) is 5.69 Å². The molecule has 3 aromatic carbocycles. The van der Waals surface area contributed by atoms with Crippen molar-refractivity contribution in [1.29, 1.82) is 0 Å². The van der Waals surface area contributed by atoms with Gasteiger partial charge in [-0.2, -0.15) is 0 Å². The van der Waals surface area contributed by atoms with Gasteiger partial charge in [0.15, 0.2) is 0 Å². The van der Waals surface area contributed by atoms with Gasteiger partial charge in [-0.3, -0.25) is 19.6 Å². The fourth-order valence-electron chi connectivity index (χ4n) is 3.42. The van der Waals surface area contributed by atoms with Gasteiger partial charge in [0.2, 0.25) is 5.91 Å². The molecule has 3 rings (SSSR count). The molecule has 0 bridgehead atoms. The van der Waals surface area contributed by atoms with E-state index in [9.17, 15) is 14.4 Å². The Morgan fingerprint density at radius 1 is 0.972 bits per heavy atom. The van der Waals surface area contributed by atoms with Crippen LogP contribution in [0, 0.1) is 0 Å². The number of ether oxygens (including phenoxy) is 1. The second-order valence-corrected chi connectivity index (χ2v) is 7.90. The first kappa shape index (κ1) is 26.4. The van der Waals surface area contributed by atoms with Gasteiger partial charge in [-0.1, -0.05) is 36.4 Å². The second kappa shape index (κ2) is 13.0. The third-order valence-corrected chi connectivity index (χ3v) is 5.37. The highest BCUT2D eigenvalue weighted by atomic mass is 16.5. The van der Waals surface area contributed by atoms with E-state index in [4.69, 9.17) is 15.7 Å². The van der Waals surface area contributed by atoms with E-state index in [1.54, 1.807) is 43.5 Å². The van der Waals surface area contributed by atoms with Crippen LogP contribution in [0.2, 0.25) is 0 Å². The molecule has 0 heterocycles. The topological polar surface area (TPSA) is 155 Å². The molecular weight excluding hydrogens is 462 g/mol. The number of benzene rings is 3. The van der Waals surface area contributed by atoms with E-state index in [2.05, 4.69) is 16.0 Å². The van der Waals surface area contributed by atoms with Gasteiger partial charge < -0.3 is 26.4 Å². The molecule has 0 spiro atoms. The molecule has 10 heteroatoms. The minimum Gasteiger partial charge on any atom is -0.497 e. The summed E-state index contributed by atoms with van der Waals surface area (Å²) in [5, 5.41) is 17.1. The molecule has 0 aliphatic carbocycles. The largest absolute Gasteiger partial charge is 0.497 e. The summed E-state index contributed by atoms with van der Waals surface area (Å²) in [5.74, 6) is -0.670. The molecule has 0 aliphatic rings. The van der Waals surface area contributed by atoms with Gasteiger partial charge in [0, 0.05) is 24.3 Å². The summed E-state index contributed by atoms with van der Waals surface area (Å²) in [6.07, 6.45) is 0. The fraction of sp³-hybridized carbons (Fsp3) is 0.192. The number of amides is 3. The Kier molecular flexibility index (Phi) is 9.52. The number of hydrogen-bond donors (Lipinski definition) is 6. The van der Waals surface area contributed by atoms with Crippen molar-refractivity contribution in [3.05, 3.63) is 83.9 Å². The first-order valence-electron chi connectivity index (χ1n) is 11.2. The van der Waals surface area contributed by atoms with Crippen molar-refractivity contribution in [2.45, 2.75) is 12.6 Å². The SMILES string of the molecule is COc1cccc(CNCC(=O)Nc2ccc(-c3ccc(C(=O)N[C@@H](CN)C(=O)NO)cc3)cc2)c1. The van der Waals surface area contributed by atoms with E-state index < -0.39 is 17.9 Å². The quantitative estimate of drug-likeness (QED) is 0.176. The van der Waals surface area contributed by atoms with Crippen LogP contribution in [-0.4, -0.2) is 49.2 Å². The number of nitrogens with one attached hydrogen (secondary N) is 4. The van der Waals surface area contributed by atoms with Gasteiger partial charge in [-0.25, -0.2) is 5.48 Å². The number of carbonyl (C=O) groups excluding carboxylic acids is 3. The van der Waals surface area contributed by atoms with Crippen molar-refractivity contribution in [3.8, 4) is 16.9 Å². The zero-order valence-electron chi connectivity index (χ0n) is 19.8. The second-order valence-electron chi connectivity index (χ2n) is 7.90. The molecular formula is C26H29N5O5. The standard InChI is InChI=1S/C26H29N5O5/c1-36-22-4-2-3-17(13-22)15-28-16-24(32)29-21-11-9-19(10-12-21)18-5-7-20(8-6-18)25(33)30-23(14-27)26(34)31-35/h2-13,23,28,35H,14-16,27H2,1H3,(H,29,32)(H,30,33)(H,31,34)/t23-/m0/s1. The summed E-state index contributed by atoms with van der Waals surface area (Å²) < 4.78 is 5.20. The molecule has 0 radical (unpaired) electrons. The maximum atomic E-state index is 12.3. The summed E-state index contributed by atoms with van der Waals surface area (Å²) in [7, 11) is 1.61. The number of hydrogen-bond acceptors (Lipinski definition) is 7. The maximum Gasteiger partial charge on any atom is 0.267 e. The number of rotatable bonds is 11. The molecule has 36 heavy (non-hydrogen) atoms. The molecule has 7 N–H and O–H groups in total. The van der Waals surface area contributed by atoms with Crippen LogP contribution in [0.3, 0.4) is 0 Å². The van der Waals surface area contributed by atoms with E-state index in [1.807, 2.05) is 36.4 Å². The van der Waals surface area contributed by atoms with Gasteiger partial charge in [-0.05, 0) is 53.1 Å². The summed E-state index contributed by atoms with van der Waals surface area (Å²) in [4.78, 5) is 36.1. The molecule has 188 valence electrons. The van der Waals surface area contributed by atoms with E-state index in [0.29, 0.717) is 17.8 Å². The molecule has 0 unspecified atom stereocenters. The normalized spacial score (nSPS) is 11.3. The van der Waals surface area contributed by atoms with E-state index in [-0.39, 0.29) is 19.0 Å². The monoisotopic (exact) mass is 491 g/mol. The molecule has 10 nitrogen and oxygen atoms in total. The fourth-order valence-corrected chi connectivity index (χ4v) is 3.42. The molecule has 1 atom stereocenters. The predicted octanol–water partition coefficient (Wildman–Crippen LogP) is 1.65. The van der Waals surface area contributed by atoms with Crippen molar-refractivity contribution in [1.82, 2.24) is 16.1 Å². The van der Waals surface area contributed by atoms with Gasteiger partial charge >= 0.3 is 0 Å². The van der Waals surface area contributed by atoms with Crippen LogP contribution in [0.15, 0.2) is 72.8 Å². The Labute approximate surface area is 208 Å². The molecule has 0 aliphatic heterocycles. The van der Waals surface area contributed by atoms with Crippen molar-refractivity contribution in [3.63, 3.8) is 0 Å². The van der Waals surface area contributed by atoms with Crippen LogP contribution >= 0.6 is 0 Å². The molecule has 0 fully saturated rings. The van der Waals surface area contributed by atoms with Crippen molar-refractivity contribution in [2.75, 3.05) is 25.5 Å². The summed E-state index contributed by atoms with van der Waals surface area (Å²) in [6, 6.07) is 20.7. The average Bonchev–Trinajstić information content (AvgIpc) is 2.91. The molecule has 3 aromatic rings. The summed E-state index contributed by atoms with van der Waals surface area (Å²) in [6.45, 7) is 0.546. The first-order valence-corrected chi connectivity index (χ1v) is 11.2. The lowest BCUT2D eigenvalue weighted by molar-refractivity contribution is -0.130. The van der Waals surface area contributed by atoms with Crippen LogP contribution in [0.5, 0.6) is 5.75 Å². The summed E-state index contributed by atoms with van der Waals surface area (Å²) >= 11 is 0. The molecule has 0 saturated carbocycles.